The van der Waals surface area contributed by atoms with E-state index in [2.05, 4.69) is 37.8 Å². The highest BCUT2D eigenvalue weighted by molar-refractivity contribution is 5.69. The second-order valence-corrected chi connectivity index (χ2v) is 13.7. The minimum atomic E-state index is -0.496. The van der Waals surface area contributed by atoms with Gasteiger partial charge in [0.1, 0.15) is 12.2 Å². The molecule has 0 aliphatic carbocycles. The standard InChI is InChI=1S/C40H77NO5/c1-6-9-12-14-15-18-22-27-32-38(46-40(43)44-36-29-35-41(4)5)33-28-23-20-17-16-19-21-26-31-37(30-25-13-10-7-2)45-39(42)34-24-11-8-3/h21,26,37-38H,6-20,22-25,27-36H2,1-5H3/t37-,38?/m1/s1. The zero-order valence-corrected chi connectivity index (χ0v) is 31.3. The van der Waals surface area contributed by atoms with Crippen molar-refractivity contribution in [3.05, 3.63) is 12.2 Å². The third-order valence-corrected chi connectivity index (χ3v) is 8.74. The number of carbonyl (C=O) groups excluding carboxylic acids is 2. The molecule has 1 unspecified atom stereocenters. The van der Waals surface area contributed by atoms with Gasteiger partial charge in [0.15, 0.2) is 0 Å². The lowest BCUT2D eigenvalue weighted by molar-refractivity contribution is -0.149. The van der Waals surface area contributed by atoms with E-state index in [1.54, 1.807) is 0 Å². The molecule has 0 spiro atoms. The summed E-state index contributed by atoms with van der Waals surface area (Å²) in [5.74, 6) is -0.0234. The highest BCUT2D eigenvalue weighted by Gasteiger charge is 2.16. The number of ether oxygens (including phenoxy) is 3. The van der Waals surface area contributed by atoms with Crippen LogP contribution in [0, 0.1) is 0 Å². The number of unbranched alkanes of at least 4 members (excludes halogenated alkanes) is 17. The number of nitrogens with zero attached hydrogens (tertiary/aromatic N) is 1. The molecule has 0 bridgehead atoms. The van der Waals surface area contributed by atoms with Crippen molar-refractivity contribution in [1.82, 2.24) is 4.90 Å². The van der Waals surface area contributed by atoms with E-state index in [4.69, 9.17) is 14.2 Å². The molecule has 0 aliphatic heterocycles. The fourth-order valence-corrected chi connectivity index (χ4v) is 5.79. The first kappa shape index (κ1) is 44.4. The molecule has 0 N–H and O–H groups in total. The van der Waals surface area contributed by atoms with Crippen LogP contribution < -0.4 is 0 Å². The van der Waals surface area contributed by atoms with Crippen LogP contribution in [0.2, 0.25) is 0 Å². The fourth-order valence-electron chi connectivity index (χ4n) is 5.79. The smallest absolute Gasteiger partial charge is 0.462 e. The molecule has 0 aliphatic rings. The van der Waals surface area contributed by atoms with Gasteiger partial charge in [0.25, 0.3) is 0 Å². The summed E-state index contributed by atoms with van der Waals surface area (Å²) in [5.41, 5.74) is 0. The molecule has 0 heterocycles. The van der Waals surface area contributed by atoms with Crippen molar-refractivity contribution in [1.29, 1.82) is 0 Å². The van der Waals surface area contributed by atoms with Gasteiger partial charge in [0.05, 0.1) is 6.61 Å². The number of esters is 1. The molecule has 6 heteroatoms. The molecule has 0 aromatic carbocycles. The minimum absolute atomic E-state index is 0.0234. The molecule has 0 saturated carbocycles. The van der Waals surface area contributed by atoms with Crippen LogP contribution in [0.3, 0.4) is 0 Å². The first-order chi connectivity index (χ1) is 22.4. The van der Waals surface area contributed by atoms with E-state index < -0.39 is 6.16 Å². The van der Waals surface area contributed by atoms with Crippen LogP contribution in [-0.4, -0.2) is 56.5 Å². The average molecular weight is 652 g/mol. The van der Waals surface area contributed by atoms with Crippen molar-refractivity contribution in [3.8, 4) is 0 Å². The van der Waals surface area contributed by atoms with Crippen molar-refractivity contribution in [2.45, 2.75) is 206 Å². The molecule has 0 fully saturated rings. The quantitative estimate of drug-likeness (QED) is 0.0392. The Labute approximate surface area is 286 Å². The van der Waals surface area contributed by atoms with E-state index in [1.165, 1.54) is 89.9 Å². The molecule has 46 heavy (non-hydrogen) atoms. The van der Waals surface area contributed by atoms with Crippen molar-refractivity contribution < 1.29 is 23.8 Å². The molecule has 2 atom stereocenters. The Kier molecular flexibility index (Phi) is 33.6. The number of hydrogen-bond acceptors (Lipinski definition) is 6. The Bertz CT molecular complexity index is 695. The van der Waals surface area contributed by atoms with Gasteiger partial charge in [-0.25, -0.2) is 4.79 Å². The lowest BCUT2D eigenvalue weighted by Crippen LogP contribution is -2.21. The summed E-state index contributed by atoms with van der Waals surface area (Å²) in [7, 11) is 4.05. The highest BCUT2D eigenvalue weighted by Crippen LogP contribution is 2.19. The Morgan fingerprint density at radius 3 is 1.65 bits per heavy atom. The average Bonchev–Trinajstić information content (AvgIpc) is 3.03. The van der Waals surface area contributed by atoms with Gasteiger partial charge in [-0.15, -0.1) is 0 Å². The maximum atomic E-state index is 12.3. The Morgan fingerprint density at radius 2 is 1.07 bits per heavy atom. The Morgan fingerprint density at radius 1 is 0.565 bits per heavy atom. The van der Waals surface area contributed by atoms with Crippen LogP contribution in [0.25, 0.3) is 0 Å². The largest absolute Gasteiger partial charge is 0.508 e. The van der Waals surface area contributed by atoms with E-state index in [0.717, 1.165) is 83.6 Å². The van der Waals surface area contributed by atoms with E-state index in [1.807, 2.05) is 14.1 Å². The predicted molar refractivity (Wildman–Crippen MR) is 195 cm³/mol. The molecule has 0 radical (unpaired) electrons. The van der Waals surface area contributed by atoms with Crippen LogP contribution in [0.1, 0.15) is 194 Å². The van der Waals surface area contributed by atoms with Crippen LogP contribution >= 0.6 is 0 Å². The van der Waals surface area contributed by atoms with E-state index in [0.29, 0.717) is 13.0 Å². The summed E-state index contributed by atoms with van der Waals surface area (Å²) in [4.78, 5) is 26.7. The zero-order valence-electron chi connectivity index (χ0n) is 31.3. The topological polar surface area (TPSA) is 65.1 Å². The number of hydrogen-bond donors (Lipinski definition) is 0. The van der Waals surface area contributed by atoms with Gasteiger partial charge >= 0.3 is 12.1 Å². The zero-order chi connectivity index (χ0) is 33.9. The third kappa shape index (κ3) is 32.4. The number of rotatable bonds is 34. The van der Waals surface area contributed by atoms with E-state index in [9.17, 15) is 9.59 Å². The minimum Gasteiger partial charge on any atom is -0.462 e. The van der Waals surface area contributed by atoms with E-state index in [-0.39, 0.29) is 18.2 Å². The molecule has 272 valence electrons. The van der Waals surface area contributed by atoms with Crippen molar-refractivity contribution in [3.63, 3.8) is 0 Å². The van der Waals surface area contributed by atoms with Gasteiger partial charge in [-0.05, 0) is 78.3 Å². The second-order valence-electron chi connectivity index (χ2n) is 13.7. The molecule has 0 rings (SSSR count). The molecule has 0 aromatic heterocycles. The lowest BCUT2D eigenvalue weighted by Gasteiger charge is -2.18. The first-order valence-electron chi connectivity index (χ1n) is 19.7. The van der Waals surface area contributed by atoms with Gasteiger partial charge in [-0.1, -0.05) is 129 Å². The van der Waals surface area contributed by atoms with Crippen LogP contribution in [-0.2, 0) is 19.0 Å². The summed E-state index contributed by atoms with van der Waals surface area (Å²) in [6.45, 7) is 7.97. The number of carbonyl (C=O) groups is 2. The van der Waals surface area contributed by atoms with Gasteiger partial charge in [-0.3, -0.25) is 4.79 Å². The molecular formula is C40H77NO5. The fraction of sp³-hybridized carbons (Fsp3) is 0.900. The lowest BCUT2D eigenvalue weighted by atomic mass is 10.0. The van der Waals surface area contributed by atoms with Gasteiger partial charge in [0.2, 0.25) is 0 Å². The van der Waals surface area contributed by atoms with Gasteiger partial charge in [0, 0.05) is 19.4 Å². The van der Waals surface area contributed by atoms with Crippen molar-refractivity contribution in [2.24, 2.45) is 0 Å². The van der Waals surface area contributed by atoms with Crippen LogP contribution in [0.4, 0.5) is 4.79 Å². The monoisotopic (exact) mass is 652 g/mol. The summed E-state index contributed by atoms with van der Waals surface area (Å²) in [6, 6.07) is 0. The van der Waals surface area contributed by atoms with Gasteiger partial charge in [-0.2, -0.15) is 0 Å². The summed E-state index contributed by atoms with van der Waals surface area (Å²) >= 11 is 0. The van der Waals surface area contributed by atoms with Crippen molar-refractivity contribution in [2.75, 3.05) is 27.2 Å². The van der Waals surface area contributed by atoms with E-state index >= 15 is 0 Å². The highest BCUT2D eigenvalue weighted by atomic mass is 16.7. The molecule has 0 amide bonds. The molecule has 6 nitrogen and oxygen atoms in total. The number of allylic oxidation sites excluding steroid dienone is 1. The maximum Gasteiger partial charge on any atom is 0.508 e. The van der Waals surface area contributed by atoms with Gasteiger partial charge < -0.3 is 19.1 Å². The molecular weight excluding hydrogens is 574 g/mol. The second kappa shape index (κ2) is 34.8. The maximum absolute atomic E-state index is 12.3. The normalized spacial score (nSPS) is 12.9. The van der Waals surface area contributed by atoms with Crippen molar-refractivity contribution >= 4 is 12.1 Å². The first-order valence-corrected chi connectivity index (χ1v) is 19.7. The van der Waals surface area contributed by atoms with Crippen LogP contribution in [0.15, 0.2) is 12.2 Å². The Balaban J connectivity index is 4.34. The molecule has 0 aromatic rings. The third-order valence-electron chi connectivity index (χ3n) is 8.74. The molecule has 0 saturated heterocycles. The predicted octanol–water partition coefficient (Wildman–Crippen LogP) is 12.1. The Hall–Kier alpha value is -1.56. The summed E-state index contributed by atoms with van der Waals surface area (Å²) in [5, 5.41) is 0. The SMILES string of the molecule is CCCCCCCCCCC(CCCCCCCC=CC[C@@H](CCCCCC)OC(=O)CCCCC)OC(=O)OCCCN(C)C. The summed E-state index contributed by atoms with van der Waals surface area (Å²) < 4.78 is 17.0. The summed E-state index contributed by atoms with van der Waals surface area (Å²) in [6.07, 6.45) is 34.3. The van der Waals surface area contributed by atoms with Crippen LogP contribution in [0.5, 0.6) is 0 Å².